The van der Waals surface area contributed by atoms with E-state index in [-0.39, 0.29) is 17.2 Å². The second-order valence-electron chi connectivity index (χ2n) is 5.43. The molecule has 0 radical (unpaired) electrons. The van der Waals surface area contributed by atoms with Gasteiger partial charge in [-0.1, -0.05) is 20.3 Å². The number of hydrogen-bond acceptors (Lipinski definition) is 3. The monoisotopic (exact) mass is 257 g/mol. The Morgan fingerprint density at radius 3 is 2.33 bits per heavy atom. The van der Waals surface area contributed by atoms with Crippen LogP contribution in [0.1, 0.15) is 39.5 Å². The van der Waals surface area contributed by atoms with Gasteiger partial charge in [0.15, 0.2) is 0 Å². The van der Waals surface area contributed by atoms with Crippen LogP contribution in [-0.4, -0.2) is 34.1 Å². The lowest BCUT2D eigenvalue weighted by Gasteiger charge is -2.27. The lowest BCUT2D eigenvalue weighted by molar-refractivity contribution is -0.148. The van der Waals surface area contributed by atoms with Crippen molar-refractivity contribution in [2.24, 2.45) is 11.3 Å². The number of rotatable bonds is 5. The first-order chi connectivity index (χ1) is 8.24. The zero-order valence-electron chi connectivity index (χ0n) is 10.6. The summed E-state index contributed by atoms with van der Waals surface area (Å²) < 4.78 is 0. The Hall–Kier alpha value is -1.59. The molecule has 1 amide bonds. The fraction of sp³-hybridized carbons (Fsp3) is 0.750. The van der Waals surface area contributed by atoms with Gasteiger partial charge in [0.1, 0.15) is 6.04 Å². The van der Waals surface area contributed by atoms with Gasteiger partial charge in [0.25, 0.3) is 0 Å². The van der Waals surface area contributed by atoms with E-state index in [0.29, 0.717) is 0 Å². The van der Waals surface area contributed by atoms with Gasteiger partial charge in [0.05, 0.1) is 6.42 Å². The summed E-state index contributed by atoms with van der Waals surface area (Å²) in [6, 6.07) is -1.36. The Labute approximate surface area is 105 Å². The van der Waals surface area contributed by atoms with Crippen molar-refractivity contribution in [3.05, 3.63) is 0 Å². The van der Waals surface area contributed by atoms with Gasteiger partial charge in [-0.15, -0.1) is 0 Å². The second-order valence-corrected chi connectivity index (χ2v) is 5.43. The molecule has 1 aliphatic carbocycles. The van der Waals surface area contributed by atoms with Crippen molar-refractivity contribution in [2.75, 3.05) is 0 Å². The Balaban J connectivity index is 2.67. The van der Waals surface area contributed by atoms with Gasteiger partial charge >= 0.3 is 11.9 Å². The number of carbonyl (C=O) groups excluding carboxylic acids is 1. The molecule has 0 spiro atoms. The van der Waals surface area contributed by atoms with E-state index in [4.69, 9.17) is 10.2 Å². The SMILES string of the molecule is CC1(C)CCCC1C(=O)N[C@@H](CC(=O)O)C(=O)O. The molecule has 1 unspecified atom stereocenters. The van der Waals surface area contributed by atoms with Crippen molar-refractivity contribution in [1.82, 2.24) is 5.32 Å². The summed E-state index contributed by atoms with van der Waals surface area (Å²) in [7, 11) is 0. The van der Waals surface area contributed by atoms with Crippen molar-refractivity contribution in [3.8, 4) is 0 Å². The standard InChI is InChI=1S/C12H19NO5/c1-12(2)5-3-4-7(12)10(16)13-8(11(17)18)6-9(14)15/h7-8H,3-6H2,1-2H3,(H,13,16)(H,14,15)(H,17,18)/t7?,8-/m0/s1. The molecule has 0 aromatic carbocycles. The van der Waals surface area contributed by atoms with Gasteiger partial charge in [-0.3, -0.25) is 9.59 Å². The molecule has 0 aromatic rings. The summed E-state index contributed by atoms with van der Waals surface area (Å²) in [4.78, 5) is 33.4. The lowest BCUT2D eigenvalue weighted by atomic mass is 9.81. The van der Waals surface area contributed by atoms with Gasteiger partial charge in [-0.25, -0.2) is 4.79 Å². The van der Waals surface area contributed by atoms with Crippen LogP contribution in [0.25, 0.3) is 0 Å². The van der Waals surface area contributed by atoms with Crippen LogP contribution in [0.15, 0.2) is 0 Å². The second kappa shape index (κ2) is 5.37. The van der Waals surface area contributed by atoms with Crippen molar-refractivity contribution >= 4 is 17.8 Å². The van der Waals surface area contributed by atoms with E-state index in [1.165, 1.54) is 0 Å². The number of carboxylic acid groups (broad SMARTS) is 2. The van der Waals surface area contributed by atoms with Gasteiger partial charge in [0, 0.05) is 5.92 Å². The zero-order valence-corrected chi connectivity index (χ0v) is 10.6. The highest BCUT2D eigenvalue weighted by molar-refractivity contribution is 5.88. The molecule has 2 atom stereocenters. The molecular weight excluding hydrogens is 238 g/mol. The topological polar surface area (TPSA) is 104 Å². The molecule has 6 heteroatoms. The van der Waals surface area contributed by atoms with Crippen molar-refractivity contribution in [3.63, 3.8) is 0 Å². The molecule has 1 aliphatic rings. The number of carboxylic acids is 2. The molecule has 0 saturated heterocycles. The largest absolute Gasteiger partial charge is 0.481 e. The number of aliphatic carboxylic acids is 2. The summed E-state index contributed by atoms with van der Waals surface area (Å²) in [6.07, 6.45) is 1.97. The van der Waals surface area contributed by atoms with Crippen LogP contribution in [0, 0.1) is 11.3 Å². The molecule has 3 N–H and O–H groups in total. The van der Waals surface area contributed by atoms with Gasteiger partial charge in [-0.05, 0) is 18.3 Å². The van der Waals surface area contributed by atoms with Crippen LogP contribution >= 0.6 is 0 Å². The lowest BCUT2D eigenvalue weighted by Crippen LogP contribution is -2.46. The third kappa shape index (κ3) is 3.45. The first kappa shape index (κ1) is 14.5. The molecular formula is C12H19NO5. The molecule has 0 bridgehead atoms. The van der Waals surface area contributed by atoms with E-state index < -0.39 is 24.4 Å². The van der Waals surface area contributed by atoms with Crippen molar-refractivity contribution in [1.29, 1.82) is 0 Å². The molecule has 102 valence electrons. The van der Waals surface area contributed by atoms with Crippen LogP contribution in [0.5, 0.6) is 0 Å². The van der Waals surface area contributed by atoms with E-state index in [9.17, 15) is 14.4 Å². The van der Waals surface area contributed by atoms with Crippen LogP contribution in [0.2, 0.25) is 0 Å². The van der Waals surface area contributed by atoms with E-state index in [0.717, 1.165) is 19.3 Å². The Bertz CT molecular complexity index is 363. The zero-order chi connectivity index (χ0) is 13.9. The fourth-order valence-corrected chi connectivity index (χ4v) is 2.46. The Morgan fingerprint density at radius 2 is 1.94 bits per heavy atom. The van der Waals surface area contributed by atoms with Crippen LogP contribution in [-0.2, 0) is 14.4 Å². The minimum Gasteiger partial charge on any atom is -0.481 e. The predicted octanol–water partition coefficient (Wildman–Crippen LogP) is 0.857. The Morgan fingerprint density at radius 1 is 1.33 bits per heavy atom. The summed E-state index contributed by atoms with van der Waals surface area (Å²) in [5.74, 6) is -3.16. The highest BCUT2D eigenvalue weighted by Gasteiger charge is 2.40. The molecule has 0 heterocycles. The highest BCUT2D eigenvalue weighted by atomic mass is 16.4. The quantitative estimate of drug-likeness (QED) is 0.677. The Kier molecular flexibility index (Phi) is 4.32. The summed E-state index contributed by atoms with van der Waals surface area (Å²) in [5.41, 5.74) is -0.156. The van der Waals surface area contributed by atoms with Gasteiger partial charge in [-0.2, -0.15) is 0 Å². The first-order valence-electron chi connectivity index (χ1n) is 5.99. The number of amides is 1. The van der Waals surface area contributed by atoms with E-state index >= 15 is 0 Å². The maximum Gasteiger partial charge on any atom is 0.326 e. The van der Waals surface area contributed by atoms with Crippen LogP contribution in [0.3, 0.4) is 0 Å². The number of carbonyl (C=O) groups is 3. The van der Waals surface area contributed by atoms with Gasteiger partial charge < -0.3 is 15.5 Å². The molecule has 1 rings (SSSR count). The van der Waals surface area contributed by atoms with Gasteiger partial charge in [0.2, 0.25) is 5.91 Å². The normalized spacial score (nSPS) is 23.3. The molecule has 6 nitrogen and oxygen atoms in total. The minimum absolute atomic E-state index is 0.156. The average Bonchev–Trinajstić information content (AvgIpc) is 2.56. The summed E-state index contributed by atoms with van der Waals surface area (Å²) in [6.45, 7) is 3.94. The number of hydrogen-bond donors (Lipinski definition) is 3. The molecule has 1 fully saturated rings. The fourth-order valence-electron chi connectivity index (χ4n) is 2.46. The summed E-state index contributed by atoms with van der Waals surface area (Å²) in [5, 5.41) is 19.8. The molecule has 18 heavy (non-hydrogen) atoms. The van der Waals surface area contributed by atoms with Crippen molar-refractivity contribution in [2.45, 2.75) is 45.6 Å². The van der Waals surface area contributed by atoms with Crippen molar-refractivity contribution < 1.29 is 24.6 Å². The number of nitrogens with one attached hydrogen (secondary N) is 1. The third-order valence-corrected chi connectivity index (χ3v) is 3.57. The minimum atomic E-state index is -1.36. The van der Waals surface area contributed by atoms with E-state index in [1.807, 2.05) is 13.8 Å². The summed E-state index contributed by atoms with van der Waals surface area (Å²) >= 11 is 0. The van der Waals surface area contributed by atoms with Crippen LogP contribution in [0.4, 0.5) is 0 Å². The molecule has 1 saturated carbocycles. The molecule has 0 aliphatic heterocycles. The maximum absolute atomic E-state index is 12.0. The third-order valence-electron chi connectivity index (χ3n) is 3.57. The maximum atomic E-state index is 12.0. The predicted molar refractivity (Wildman–Crippen MR) is 62.9 cm³/mol. The highest BCUT2D eigenvalue weighted by Crippen LogP contribution is 2.42. The van der Waals surface area contributed by atoms with E-state index in [1.54, 1.807) is 0 Å². The van der Waals surface area contributed by atoms with Crippen LogP contribution < -0.4 is 5.32 Å². The average molecular weight is 257 g/mol. The van der Waals surface area contributed by atoms with E-state index in [2.05, 4.69) is 5.32 Å². The first-order valence-corrected chi connectivity index (χ1v) is 5.99. The molecule has 0 aromatic heterocycles. The smallest absolute Gasteiger partial charge is 0.326 e.